The molecule has 1 aliphatic heterocycles. The fraction of sp³-hybridized carbons (Fsp3) is 0.500. The number of nitrogen functional groups attached to an aromatic ring is 1. The third kappa shape index (κ3) is 3.96. The second-order valence-electron chi connectivity index (χ2n) is 7.56. The lowest BCUT2D eigenvalue weighted by Gasteiger charge is -2.35. The van der Waals surface area contributed by atoms with Gasteiger partial charge in [0.05, 0.1) is 5.69 Å². The minimum atomic E-state index is 0.314. The highest BCUT2D eigenvalue weighted by molar-refractivity contribution is 8.00. The van der Waals surface area contributed by atoms with E-state index >= 15 is 0 Å². The molecule has 4 N–H and O–H groups in total. The van der Waals surface area contributed by atoms with Gasteiger partial charge in [0.15, 0.2) is 0 Å². The van der Waals surface area contributed by atoms with E-state index in [0.29, 0.717) is 23.2 Å². The molecule has 0 spiro atoms. The van der Waals surface area contributed by atoms with Gasteiger partial charge in [-0.3, -0.25) is 0 Å². The average Bonchev–Trinajstić information content (AvgIpc) is 2.59. The number of nitrogens with two attached hydrogens (primary N) is 2. The fourth-order valence-corrected chi connectivity index (χ4v) is 5.07. The van der Waals surface area contributed by atoms with Crippen molar-refractivity contribution in [1.29, 1.82) is 0 Å². The first kappa shape index (κ1) is 17.6. The Kier molecular flexibility index (Phi) is 5.05. The summed E-state index contributed by atoms with van der Waals surface area (Å²) in [6, 6.07) is 11.2. The summed E-state index contributed by atoms with van der Waals surface area (Å²) in [6.45, 7) is 4.19. The number of hydrogen-bond donors (Lipinski definition) is 2. The zero-order valence-corrected chi connectivity index (χ0v) is 16.1. The lowest BCUT2D eigenvalue weighted by atomic mass is 9.78. The first-order chi connectivity index (χ1) is 12.6. The van der Waals surface area contributed by atoms with Crippen molar-refractivity contribution in [3.8, 4) is 0 Å². The molecule has 26 heavy (non-hydrogen) atoms. The van der Waals surface area contributed by atoms with Gasteiger partial charge < -0.3 is 16.4 Å². The zero-order chi connectivity index (χ0) is 18.1. The van der Waals surface area contributed by atoms with Crippen LogP contribution in [0.3, 0.4) is 0 Å². The van der Waals surface area contributed by atoms with Crippen LogP contribution in [0.1, 0.15) is 42.9 Å². The maximum absolute atomic E-state index is 5.98. The number of thioether (sulfide) groups is 1. The van der Waals surface area contributed by atoms with E-state index in [1.807, 2.05) is 11.8 Å². The summed E-state index contributed by atoms with van der Waals surface area (Å²) in [5.41, 5.74) is 14.3. The molecular formula is C20H27N5S. The Hall–Kier alpha value is -1.79. The van der Waals surface area contributed by atoms with Gasteiger partial charge in [-0.1, -0.05) is 17.7 Å². The van der Waals surface area contributed by atoms with Crippen LogP contribution in [-0.2, 0) is 0 Å². The third-order valence-corrected chi connectivity index (χ3v) is 6.73. The highest BCUT2D eigenvalue weighted by atomic mass is 32.2. The van der Waals surface area contributed by atoms with E-state index in [2.05, 4.69) is 52.1 Å². The van der Waals surface area contributed by atoms with E-state index < -0.39 is 0 Å². The molecule has 0 amide bonds. The molecule has 1 aromatic carbocycles. The maximum Gasteiger partial charge on any atom is 0.222 e. The van der Waals surface area contributed by atoms with Gasteiger partial charge in [0.2, 0.25) is 5.95 Å². The van der Waals surface area contributed by atoms with Gasteiger partial charge in [-0.05, 0) is 44.7 Å². The SMILES string of the molecule is Cc1cccc(SC2CCN(c3cc(C4CC(N)C4)nc(N)n3)CC2)c1. The molecule has 1 aliphatic carbocycles. The first-order valence-electron chi connectivity index (χ1n) is 9.45. The van der Waals surface area contributed by atoms with Crippen LogP contribution in [0.15, 0.2) is 35.2 Å². The van der Waals surface area contributed by atoms with Crippen molar-refractivity contribution in [2.24, 2.45) is 5.73 Å². The quantitative estimate of drug-likeness (QED) is 0.860. The average molecular weight is 370 g/mol. The van der Waals surface area contributed by atoms with Crippen LogP contribution in [-0.4, -0.2) is 34.3 Å². The predicted octanol–water partition coefficient (Wildman–Crippen LogP) is 3.33. The molecule has 2 aromatic rings. The fourth-order valence-electron chi connectivity index (χ4n) is 3.83. The largest absolute Gasteiger partial charge is 0.368 e. The van der Waals surface area contributed by atoms with Crippen LogP contribution in [0, 0.1) is 6.92 Å². The monoisotopic (exact) mass is 369 g/mol. The molecule has 1 saturated heterocycles. The molecule has 5 nitrogen and oxygen atoms in total. The molecule has 1 saturated carbocycles. The molecule has 0 radical (unpaired) electrons. The van der Waals surface area contributed by atoms with Crippen molar-refractivity contribution in [3.05, 3.63) is 41.6 Å². The highest BCUT2D eigenvalue weighted by Crippen LogP contribution is 2.37. The molecule has 2 fully saturated rings. The standard InChI is InChI=1S/C20H27N5S/c1-13-3-2-4-17(9-13)26-16-5-7-25(8-6-16)19-12-18(23-20(22)24-19)14-10-15(21)11-14/h2-4,9,12,14-16H,5-8,10-11,21H2,1H3,(H2,22,23,24). The van der Waals surface area contributed by atoms with E-state index in [4.69, 9.17) is 11.5 Å². The smallest absolute Gasteiger partial charge is 0.222 e. The van der Waals surface area contributed by atoms with Gasteiger partial charge in [-0.25, -0.2) is 4.98 Å². The van der Waals surface area contributed by atoms with Gasteiger partial charge in [0.25, 0.3) is 0 Å². The summed E-state index contributed by atoms with van der Waals surface area (Å²) in [5.74, 6) is 1.81. The molecular weight excluding hydrogens is 342 g/mol. The molecule has 2 aliphatic rings. The van der Waals surface area contributed by atoms with Crippen LogP contribution in [0.4, 0.5) is 11.8 Å². The number of benzene rings is 1. The van der Waals surface area contributed by atoms with Crippen molar-refractivity contribution in [3.63, 3.8) is 0 Å². The minimum Gasteiger partial charge on any atom is -0.368 e. The molecule has 2 heterocycles. The molecule has 0 unspecified atom stereocenters. The van der Waals surface area contributed by atoms with Gasteiger partial charge in [-0.15, -0.1) is 11.8 Å². The van der Waals surface area contributed by atoms with Crippen LogP contribution in [0.5, 0.6) is 0 Å². The number of nitrogens with zero attached hydrogens (tertiary/aromatic N) is 3. The number of aromatic nitrogens is 2. The van der Waals surface area contributed by atoms with Crippen molar-refractivity contribution in [2.75, 3.05) is 23.7 Å². The Labute approximate surface area is 159 Å². The van der Waals surface area contributed by atoms with Gasteiger partial charge in [-0.2, -0.15) is 4.98 Å². The Balaban J connectivity index is 1.38. The maximum atomic E-state index is 5.98. The first-order valence-corrected chi connectivity index (χ1v) is 10.3. The highest BCUT2D eigenvalue weighted by Gasteiger charge is 2.30. The number of piperidine rings is 1. The van der Waals surface area contributed by atoms with Crippen molar-refractivity contribution < 1.29 is 0 Å². The van der Waals surface area contributed by atoms with E-state index in [1.165, 1.54) is 10.5 Å². The number of rotatable bonds is 4. The minimum absolute atomic E-state index is 0.314. The Morgan fingerprint density at radius 1 is 1.12 bits per heavy atom. The second-order valence-corrected chi connectivity index (χ2v) is 8.93. The summed E-state index contributed by atoms with van der Waals surface area (Å²) in [6.07, 6.45) is 4.33. The third-order valence-electron chi connectivity index (χ3n) is 5.40. The summed E-state index contributed by atoms with van der Waals surface area (Å²) in [4.78, 5) is 12.7. The molecule has 6 heteroatoms. The van der Waals surface area contributed by atoms with Gasteiger partial charge >= 0.3 is 0 Å². The Bertz CT molecular complexity index is 767. The van der Waals surface area contributed by atoms with Gasteiger partial charge in [0.1, 0.15) is 5.82 Å². The van der Waals surface area contributed by atoms with Crippen LogP contribution < -0.4 is 16.4 Å². The van der Waals surface area contributed by atoms with Crippen LogP contribution in [0.25, 0.3) is 0 Å². The summed E-state index contributed by atoms with van der Waals surface area (Å²) in [5, 5.41) is 0.663. The Morgan fingerprint density at radius 3 is 2.58 bits per heavy atom. The molecule has 4 rings (SSSR count). The summed E-state index contributed by atoms with van der Waals surface area (Å²) in [7, 11) is 0. The summed E-state index contributed by atoms with van der Waals surface area (Å²) >= 11 is 2.00. The predicted molar refractivity (Wildman–Crippen MR) is 109 cm³/mol. The molecule has 138 valence electrons. The summed E-state index contributed by atoms with van der Waals surface area (Å²) < 4.78 is 0. The van der Waals surface area contributed by atoms with E-state index in [0.717, 1.165) is 50.3 Å². The topological polar surface area (TPSA) is 81.1 Å². The normalized spacial score (nSPS) is 23.7. The second kappa shape index (κ2) is 7.45. The molecule has 0 atom stereocenters. The number of aryl methyl sites for hydroxylation is 1. The lowest BCUT2D eigenvalue weighted by molar-refractivity contribution is 0.345. The van der Waals surface area contributed by atoms with Gasteiger partial charge in [0, 0.05) is 41.3 Å². The van der Waals surface area contributed by atoms with Crippen LogP contribution in [0.2, 0.25) is 0 Å². The molecule has 0 bridgehead atoms. The van der Waals surface area contributed by atoms with E-state index in [1.54, 1.807) is 0 Å². The van der Waals surface area contributed by atoms with Crippen LogP contribution >= 0.6 is 11.8 Å². The van der Waals surface area contributed by atoms with E-state index in [-0.39, 0.29) is 0 Å². The van der Waals surface area contributed by atoms with Crippen molar-refractivity contribution in [2.45, 2.75) is 54.7 Å². The van der Waals surface area contributed by atoms with E-state index in [9.17, 15) is 0 Å². The number of anilines is 2. The lowest BCUT2D eigenvalue weighted by Crippen LogP contribution is -2.37. The van der Waals surface area contributed by atoms with Crippen molar-refractivity contribution >= 4 is 23.5 Å². The Morgan fingerprint density at radius 2 is 1.88 bits per heavy atom. The zero-order valence-electron chi connectivity index (χ0n) is 15.3. The number of hydrogen-bond acceptors (Lipinski definition) is 6. The van der Waals surface area contributed by atoms with Crippen molar-refractivity contribution in [1.82, 2.24) is 9.97 Å². The molecule has 1 aromatic heterocycles.